The van der Waals surface area contributed by atoms with E-state index >= 15 is 0 Å². The minimum Gasteiger partial charge on any atom is -0.363 e. The van der Waals surface area contributed by atoms with E-state index in [1.165, 1.54) is 11.3 Å². The van der Waals surface area contributed by atoms with Gasteiger partial charge in [-0.05, 0) is 11.6 Å². The van der Waals surface area contributed by atoms with Gasteiger partial charge < -0.3 is 9.88 Å². The van der Waals surface area contributed by atoms with Crippen molar-refractivity contribution >= 4 is 5.69 Å². The smallest absolute Gasteiger partial charge is 0.125 e. The lowest BCUT2D eigenvalue weighted by molar-refractivity contribution is 0.729. The topological polar surface area (TPSA) is 31.9 Å². The maximum absolute atomic E-state index is 4.28. The molecular weight excluding hydrogens is 198 g/mol. The fourth-order valence-corrected chi connectivity index (χ4v) is 2.43. The molecule has 1 aliphatic rings. The van der Waals surface area contributed by atoms with Crippen molar-refractivity contribution in [2.45, 2.75) is 19.4 Å². The number of benzene rings is 1. The average Bonchev–Trinajstić information content (AvgIpc) is 2.90. The van der Waals surface area contributed by atoms with Gasteiger partial charge in [0.2, 0.25) is 0 Å². The molecule has 0 saturated carbocycles. The highest BCUT2D eigenvalue weighted by atomic mass is 15.2. The summed E-state index contributed by atoms with van der Waals surface area (Å²) >= 11 is 0. The number of hydrogen-bond acceptors (Lipinski definition) is 2. The predicted molar refractivity (Wildman–Crippen MR) is 64.5 cm³/mol. The zero-order chi connectivity index (χ0) is 11.0. The summed E-state index contributed by atoms with van der Waals surface area (Å²) in [5.74, 6) is 1.65. The zero-order valence-electron chi connectivity index (χ0n) is 9.35. The van der Waals surface area contributed by atoms with Gasteiger partial charge in [-0.15, -0.1) is 0 Å². The minimum absolute atomic E-state index is 0.617. The third kappa shape index (κ3) is 1.48. The summed E-state index contributed by atoms with van der Waals surface area (Å²) in [4.78, 5) is 9.83. The average molecular weight is 213 g/mol. The first kappa shape index (κ1) is 9.46. The molecular formula is C13H15N3. The molecule has 2 heterocycles. The first-order valence-electron chi connectivity index (χ1n) is 5.67. The highest BCUT2D eigenvalue weighted by Crippen LogP contribution is 2.36. The number of nitrogens with one attached hydrogen (secondary N) is 1. The number of hydrogen-bond donors (Lipinski definition) is 1. The summed E-state index contributed by atoms with van der Waals surface area (Å²) in [6.07, 6.45) is 3.68. The summed E-state index contributed by atoms with van der Waals surface area (Å²) in [6, 6.07) is 8.64. The van der Waals surface area contributed by atoms with E-state index in [-0.39, 0.29) is 0 Å². The SMILES string of the molecule is C[C@@H]1CN(Cc2ncc[nH]2)c2ccccc21. The number of para-hydroxylation sites is 1. The molecule has 1 N–H and O–H groups in total. The fraction of sp³-hybridized carbons (Fsp3) is 0.308. The Kier molecular flexibility index (Phi) is 2.17. The second-order valence-corrected chi connectivity index (χ2v) is 4.38. The molecule has 0 fully saturated rings. The van der Waals surface area contributed by atoms with Gasteiger partial charge in [0, 0.05) is 30.5 Å². The van der Waals surface area contributed by atoms with Crippen molar-refractivity contribution in [3.8, 4) is 0 Å². The van der Waals surface area contributed by atoms with E-state index in [4.69, 9.17) is 0 Å². The lowest BCUT2D eigenvalue weighted by Gasteiger charge is -2.17. The van der Waals surface area contributed by atoms with Gasteiger partial charge in [0.1, 0.15) is 5.82 Å². The molecule has 16 heavy (non-hydrogen) atoms. The fourth-order valence-electron chi connectivity index (χ4n) is 2.43. The number of rotatable bonds is 2. The van der Waals surface area contributed by atoms with Crippen LogP contribution in [0.3, 0.4) is 0 Å². The Morgan fingerprint density at radius 3 is 3.12 bits per heavy atom. The maximum Gasteiger partial charge on any atom is 0.125 e. The lowest BCUT2D eigenvalue weighted by Crippen LogP contribution is -2.21. The van der Waals surface area contributed by atoms with Crippen LogP contribution in [0.15, 0.2) is 36.7 Å². The molecule has 0 bridgehead atoms. The van der Waals surface area contributed by atoms with Gasteiger partial charge in [0.15, 0.2) is 0 Å². The van der Waals surface area contributed by atoms with E-state index in [2.05, 4.69) is 46.1 Å². The molecule has 0 aliphatic carbocycles. The molecule has 0 spiro atoms. The highest BCUT2D eigenvalue weighted by molar-refractivity contribution is 5.59. The van der Waals surface area contributed by atoms with Crippen LogP contribution in [-0.2, 0) is 6.54 Å². The summed E-state index contributed by atoms with van der Waals surface area (Å²) in [5.41, 5.74) is 2.81. The van der Waals surface area contributed by atoms with Gasteiger partial charge >= 0.3 is 0 Å². The van der Waals surface area contributed by atoms with Crippen LogP contribution in [0.4, 0.5) is 5.69 Å². The zero-order valence-corrected chi connectivity index (χ0v) is 9.35. The molecule has 1 aromatic carbocycles. The summed E-state index contributed by atoms with van der Waals surface area (Å²) < 4.78 is 0. The van der Waals surface area contributed by atoms with Crippen molar-refractivity contribution < 1.29 is 0 Å². The second kappa shape index (κ2) is 3.67. The largest absolute Gasteiger partial charge is 0.363 e. The molecule has 3 rings (SSSR count). The van der Waals surface area contributed by atoms with Gasteiger partial charge in [0.05, 0.1) is 6.54 Å². The van der Waals surface area contributed by atoms with Gasteiger partial charge in [-0.3, -0.25) is 0 Å². The van der Waals surface area contributed by atoms with Crippen LogP contribution in [0.1, 0.15) is 24.2 Å². The Morgan fingerprint density at radius 1 is 1.44 bits per heavy atom. The summed E-state index contributed by atoms with van der Waals surface area (Å²) in [5, 5.41) is 0. The number of anilines is 1. The Morgan fingerprint density at radius 2 is 2.31 bits per heavy atom. The van der Waals surface area contributed by atoms with Crippen LogP contribution in [0.2, 0.25) is 0 Å². The van der Waals surface area contributed by atoms with Crippen molar-refractivity contribution in [2.75, 3.05) is 11.4 Å². The number of aromatic nitrogens is 2. The van der Waals surface area contributed by atoms with E-state index in [9.17, 15) is 0 Å². The Balaban J connectivity index is 1.89. The molecule has 0 amide bonds. The number of imidazole rings is 1. The molecule has 1 aromatic heterocycles. The Hall–Kier alpha value is -1.77. The molecule has 82 valence electrons. The van der Waals surface area contributed by atoms with E-state index in [0.717, 1.165) is 18.9 Å². The number of fused-ring (bicyclic) bond motifs is 1. The normalized spacial score (nSPS) is 18.8. The Labute approximate surface area is 95.1 Å². The number of nitrogens with zero attached hydrogens (tertiary/aromatic N) is 2. The van der Waals surface area contributed by atoms with Gasteiger partial charge in [-0.25, -0.2) is 4.98 Å². The number of H-pyrrole nitrogens is 1. The second-order valence-electron chi connectivity index (χ2n) is 4.38. The van der Waals surface area contributed by atoms with E-state index in [0.29, 0.717) is 5.92 Å². The van der Waals surface area contributed by atoms with Crippen LogP contribution in [0.5, 0.6) is 0 Å². The molecule has 2 aromatic rings. The summed E-state index contributed by atoms with van der Waals surface area (Å²) in [7, 11) is 0. The molecule has 0 unspecified atom stereocenters. The highest BCUT2D eigenvalue weighted by Gasteiger charge is 2.24. The molecule has 1 atom stereocenters. The van der Waals surface area contributed by atoms with E-state index in [1.807, 2.05) is 6.20 Å². The third-order valence-corrected chi connectivity index (χ3v) is 3.20. The van der Waals surface area contributed by atoms with Crippen LogP contribution in [0.25, 0.3) is 0 Å². The van der Waals surface area contributed by atoms with Crippen molar-refractivity contribution in [3.05, 3.63) is 48.0 Å². The van der Waals surface area contributed by atoms with Crippen LogP contribution < -0.4 is 4.90 Å². The quantitative estimate of drug-likeness (QED) is 0.831. The van der Waals surface area contributed by atoms with Crippen molar-refractivity contribution in [1.29, 1.82) is 0 Å². The van der Waals surface area contributed by atoms with Crippen LogP contribution >= 0.6 is 0 Å². The summed E-state index contributed by atoms with van der Waals surface area (Å²) in [6.45, 7) is 4.23. The van der Waals surface area contributed by atoms with Gasteiger partial charge in [-0.2, -0.15) is 0 Å². The minimum atomic E-state index is 0.617. The van der Waals surface area contributed by atoms with E-state index in [1.54, 1.807) is 6.20 Å². The van der Waals surface area contributed by atoms with Crippen molar-refractivity contribution in [1.82, 2.24) is 9.97 Å². The van der Waals surface area contributed by atoms with E-state index < -0.39 is 0 Å². The first-order chi connectivity index (χ1) is 7.84. The molecule has 3 nitrogen and oxygen atoms in total. The predicted octanol–water partition coefficient (Wildman–Crippen LogP) is 2.53. The van der Waals surface area contributed by atoms with Crippen LogP contribution in [-0.4, -0.2) is 16.5 Å². The first-order valence-corrected chi connectivity index (χ1v) is 5.67. The van der Waals surface area contributed by atoms with Crippen molar-refractivity contribution in [3.63, 3.8) is 0 Å². The van der Waals surface area contributed by atoms with Gasteiger partial charge in [0.25, 0.3) is 0 Å². The molecule has 3 heteroatoms. The molecule has 1 aliphatic heterocycles. The van der Waals surface area contributed by atoms with Crippen LogP contribution in [0, 0.1) is 0 Å². The maximum atomic E-state index is 4.28. The lowest BCUT2D eigenvalue weighted by atomic mass is 10.0. The standard InChI is InChI=1S/C13H15N3/c1-10-8-16(9-13-14-6-7-15-13)12-5-3-2-4-11(10)12/h2-7,10H,8-9H2,1H3,(H,14,15)/t10-/m1/s1. The number of aromatic amines is 1. The monoisotopic (exact) mass is 213 g/mol. The molecule has 0 saturated heterocycles. The van der Waals surface area contributed by atoms with Gasteiger partial charge in [-0.1, -0.05) is 25.1 Å². The third-order valence-electron chi connectivity index (χ3n) is 3.20. The Bertz CT molecular complexity index is 476. The van der Waals surface area contributed by atoms with Crippen molar-refractivity contribution in [2.24, 2.45) is 0 Å². The molecule has 0 radical (unpaired) electrons.